The van der Waals surface area contributed by atoms with Crippen LogP contribution in [-0.2, 0) is 11.3 Å². The monoisotopic (exact) mass is 236 g/mol. The molecule has 0 aromatic carbocycles. The Morgan fingerprint density at radius 2 is 2.53 bits per heavy atom. The van der Waals surface area contributed by atoms with Crippen molar-refractivity contribution in [2.24, 2.45) is 0 Å². The van der Waals surface area contributed by atoms with Gasteiger partial charge in [0.2, 0.25) is 5.91 Å². The maximum absolute atomic E-state index is 12.1. The maximum atomic E-state index is 12.1. The van der Waals surface area contributed by atoms with Crippen molar-refractivity contribution in [1.82, 2.24) is 10.2 Å². The second kappa shape index (κ2) is 5.87. The highest BCUT2D eigenvalue weighted by atomic mass is 16.3. The molecule has 1 aliphatic rings. The van der Waals surface area contributed by atoms with Crippen LogP contribution in [0.2, 0.25) is 0 Å². The first-order chi connectivity index (χ1) is 8.29. The van der Waals surface area contributed by atoms with Gasteiger partial charge >= 0.3 is 0 Å². The summed E-state index contributed by atoms with van der Waals surface area (Å²) in [5, 5.41) is 3.35. The van der Waals surface area contributed by atoms with Crippen molar-refractivity contribution < 1.29 is 9.21 Å². The number of furan rings is 1. The van der Waals surface area contributed by atoms with Crippen LogP contribution in [0.15, 0.2) is 22.8 Å². The van der Waals surface area contributed by atoms with Crippen molar-refractivity contribution in [2.75, 3.05) is 13.1 Å². The molecular formula is C13H20N2O2. The molecule has 0 aliphatic carbocycles. The number of amides is 1. The van der Waals surface area contributed by atoms with Crippen LogP contribution in [0.4, 0.5) is 0 Å². The summed E-state index contributed by atoms with van der Waals surface area (Å²) in [6, 6.07) is 4.13. The molecule has 1 saturated heterocycles. The van der Waals surface area contributed by atoms with E-state index in [0.29, 0.717) is 19.0 Å². The van der Waals surface area contributed by atoms with Crippen LogP contribution in [0.1, 0.15) is 31.9 Å². The van der Waals surface area contributed by atoms with Crippen molar-refractivity contribution in [1.29, 1.82) is 0 Å². The summed E-state index contributed by atoms with van der Waals surface area (Å²) in [7, 11) is 0. The van der Waals surface area contributed by atoms with E-state index in [4.69, 9.17) is 4.42 Å². The predicted molar refractivity (Wildman–Crippen MR) is 65.4 cm³/mol. The first-order valence-corrected chi connectivity index (χ1v) is 6.33. The highest BCUT2D eigenvalue weighted by Crippen LogP contribution is 2.12. The topological polar surface area (TPSA) is 45.5 Å². The van der Waals surface area contributed by atoms with E-state index in [2.05, 4.69) is 5.32 Å². The van der Waals surface area contributed by atoms with Crippen LogP contribution in [0.25, 0.3) is 0 Å². The number of nitrogens with one attached hydrogen (secondary N) is 1. The van der Waals surface area contributed by atoms with E-state index in [-0.39, 0.29) is 5.91 Å². The van der Waals surface area contributed by atoms with Crippen molar-refractivity contribution in [3.05, 3.63) is 24.2 Å². The zero-order chi connectivity index (χ0) is 12.1. The minimum absolute atomic E-state index is 0.211. The first-order valence-electron chi connectivity index (χ1n) is 6.33. The summed E-state index contributed by atoms with van der Waals surface area (Å²) in [5.41, 5.74) is 0. The van der Waals surface area contributed by atoms with Gasteiger partial charge in [0.25, 0.3) is 0 Å². The van der Waals surface area contributed by atoms with Gasteiger partial charge in [0.1, 0.15) is 5.76 Å². The third-order valence-corrected chi connectivity index (χ3v) is 3.24. The second-order valence-electron chi connectivity index (χ2n) is 4.48. The third-order valence-electron chi connectivity index (χ3n) is 3.24. The molecule has 1 fully saturated rings. The summed E-state index contributed by atoms with van der Waals surface area (Å²) in [5.74, 6) is 1.06. The molecule has 4 heteroatoms. The van der Waals surface area contributed by atoms with Crippen LogP contribution >= 0.6 is 0 Å². The fourth-order valence-corrected chi connectivity index (χ4v) is 2.24. The zero-order valence-electron chi connectivity index (χ0n) is 10.3. The van der Waals surface area contributed by atoms with E-state index < -0.39 is 0 Å². The summed E-state index contributed by atoms with van der Waals surface area (Å²) >= 11 is 0. The SMILES string of the molecule is CCN(Cc1ccco1)C(=O)CC1CCCN1. The average molecular weight is 236 g/mol. The molecule has 2 heterocycles. The molecule has 17 heavy (non-hydrogen) atoms. The number of hydrogen-bond acceptors (Lipinski definition) is 3. The normalized spacial score (nSPS) is 19.5. The number of carbonyl (C=O) groups excluding carboxylic acids is 1. The molecule has 1 aromatic rings. The first kappa shape index (κ1) is 12.2. The van der Waals surface area contributed by atoms with Crippen LogP contribution in [0.5, 0.6) is 0 Å². The van der Waals surface area contributed by atoms with Crippen molar-refractivity contribution in [2.45, 2.75) is 38.8 Å². The molecule has 0 radical (unpaired) electrons. The van der Waals surface area contributed by atoms with Gasteiger partial charge in [-0.05, 0) is 38.4 Å². The van der Waals surface area contributed by atoms with Gasteiger partial charge in [-0.2, -0.15) is 0 Å². The Morgan fingerprint density at radius 3 is 3.12 bits per heavy atom. The smallest absolute Gasteiger partial charge is 0.224 e. The number of rotatable bonds is 5. The molecule has 0 bridgehead atoms. The molecule has 1 amide bonds. The van der Waals surface area contributed by atoms with Gasteiger partial charge in [-0.1, -0.05) is 0 Å². The van der Waals surface area contributed by atoms with E-state index in [1.54, 1.807) is 6.26 Å². The quantitative estimate of drug-likeness (QED) is 0.847. The van der Waals surface area contributed by atoms with Crippen LogP contribution in [0.3, 0.4) is 0 Å². The Bertz CT molecular complexity index is 342. The summed E-state index contributed by atoms with van der Waals surface area (Å²) in [6.45, 7) is 4.35. The standard InChI is InChI=1S/C13H20N2O2/c1-2-15(10-12-6-4-8-17-12)13(16)9-11-5-3-7-14-11/h4,6,8,11,14H,2-3,5,7,9-10H2,1H3. The van der Waals surface area contributed by atoms with E-state index in [9.17, 15) is 4.79 Å². The van der Waals surface area contributed by atoms with Gasteiger partial charge in [-0.15, -0.1) is 0 Å². The second-order valence-corrected chi connectivity index (χ2v) is 4.48. The Balaban J connectivity index is 1.86. The highest BCUT2D eigenvalue weighted by Gasteiger charge is 2.21. The molecular weight excluding hydrogens is 216 g/mol. The lowest BCUT2D eigenvalue weighted by Crippen LogP contribution is -2.35. The van der Waals surface area contributed by atoms with E-state index >= 15 is 0 Å². The lowest BCUT2D eigenvalue weighted by molar-refractivity contribution is -0.132. The Morgan fingerprint density at radius 1 is 1.65 bits per heavy atom. The van der Waals surface area contributed by atoms with Crippen molar-refractivity contribution >= 4 is 5.91 Å². The molecule has 0 spiro atoms. The molecule has 1 N–H and O–H groups in total. The highest BCUT2D eigenvalue weighted by molar-refractivity contribution is 5.76. The van der Waals surface area contributed by atoms with Gasteiger partial charge in [-0.3, -0.25) is 4.79 Å². The summed E-state index contributed by atoms with van der Waals surface area (Å²) in [4.78, 5) is 13.9. The van der Waals surface area contributed by atoms with E-state index in [1.807, 2.05) is 24.0 Å². The molecule has 1 aliphatic heterocycles. The fraction of sp³-hybridized carbons (Fsp3) is 0.615. The Hall–Kier alpha value is -1.29. The van der Waals surface area contributed by atoms with Gasteiger partial charge in [0.05, 0.1) is 12.8 Å². The predicted octanol–water partition coefficient (Wildman–Crippen LogP) is 1.77. The van der Waals surface area contributed by atoms with Gasteiger partial charge < -0.3 is 14.6 Å². The Kier molecular flexibility index (Phi) is 4.20. The van der Waals surface area contributed by atoms with Gasteiger partial charge in [-0.25, -0.2) is 0 Å². The van der Waals surface area contributed by atoms with Gasteiger partial charge in [0.15, 0.2) is 0 Å². The average Bonchev–Trinajstić information content (AvgIpc) is 2.97. The largest absolute Gasteiger partial charge is 0.467 e. The van der Waals surface area contributed by atoms with E-state index in [0.717, 1.165) is 25.3 Å². The zero-order valence-corrected chi connectivity index (χ0v) is 10.3. The molecule has 1 aromatic heterocycles. The molecule has 94 valence electrons. The Labute approximate surface area is 102 Å². The molecule has 0 saturated carbocycles. The fourth-order valence-electron chi connectivity index (χ4n) is 2.24. The molecule has 2 rings (SSSR count). The van der Waals surface area contributed by atoms with E-state index in [1.165, 1.54) is 6.42 Å². The number of hydrogen-bond donors (Lipinski definition) is 1. The minimum atomic E-state index is 0.211. The van der Waals surface area contributed by atoms with Gasteiger partial charge in [0, 0.05) is 19.0 Å². The van der Waals surface area contributed by atoms with Crippen LogP contribution in [0, 0.1) is 0 Å². The maximum Gasteiger partial charge on any atom is 0.224 e. The lowest BCUT2D eigenvalue weighted by atomic mass is 10.1. The molecule has 4 nitrogen and oxygen atoms in total. The molecule has 1 unspecified atom stereocenters. The number of nitrogens with zero attached hydrogens (tertiary/aromatic N) is 1. The lowest BCUT2D eigenvalue weighted by Gasteiger charge is -2.21. The third kappa shape index (κ3) is 3.33. The van der Waals surface area contributed by atoms with Crippen molar-refractivity contribution in [3.8, 4) is 0 Å². The number of carbonyl (C=O) groups is 1. The summed E-state index contributed by atoms with van der Waals surface area (Å²) < 4.78 is 5.28. The summed E-state index contributed by atoms with van der Waals surface area (Å²) in [6.07, 6.45) is 4.55. The molecule has 1 atom stereocenters. The van der Waals surface area contributed by atoms with Crippen LogP contribution in [-0.4, -0.2) is 29.9 Å². The minimum Gasteiger partial charge on any atom is -0.467 e. The van der Waals surface area contributed by atoms with Crippen molar-refractivity contribution in [3.63, 3.8) is 0 Å². The van der Waals surface area contributed by atoms with Crippen LogP contribution < -0.4 is 5.32 Å².